The Morgan fingerprint density at radius 1 is 0.750 bits per heavy atom. The summed E-state index contributed by atoms with van der Waals surface area (Å²) in [6.07, 6.45) is 3.50. The van der Waals surface area contributed by atoms with Gasteiger partial charge in [-0.05, 0) is 39.7 Å². The number of halogens is 1. The summed E-state index contributed by atoms with van der Waals surface area (Å²) in [6, 6.07) is 36.0. The van der Waals surface area contributed by atoms with E-state index in [9.17, 15) is 4.39 Å². The van der Waals surface area contributed by atoms with E-state index in [4.69, 9.17) is 0 Å². The maximum Gasteiger partial charge on any atom is 0.117 e. The molecule has 5 rings (SSSR count). The van der Waals surface area contributed by atoms with Crippen molar-refractivity contribution < 1.29 is 24.5 Å². The van der Waals surface area contributed by atoms with Crippen LogP contribution in [0, 0.1) is 24.9 Å². The number of pyridine rings is 2. The quantitative estimate of drug-likeness (QED) is 0.135. The summed E-state index contributed by atoms with van der Waals surface area (Å²) in [4.78, 5) is 8.78. The predicted molar refractivity (Wildman–Crippen MR) is 163 cm³/mol. The maximum atomic E-state index is 13.4. The molecule has 0 fully saturated rings. The van der Waals surface area contributed by atoms with Crippen LogP contribution in [0.3, 0.4) is 0 Å². The molecule has 0 spiro atoms. The standard InChI is InChI=1S/C20H17FN.C15H18NSi.Ir/c1-20(2,16-8-4-3-5-9-16)17-10-6-7-15(13-17)19-14-18(21)11-12-22-19;1-12-5-7-13(8-6-12)15-10-9-14(11-16-15)17(2,3)4;/h3-6,8-14H,1-2H3;5-7,9-11H,1-4H3;/q2*-1;. The van der Waals surface area contributed by atoms with Crippen LogP contribution in [0.5, 0.6) is 0 Å². The summed E-state index contributed by atoms with van der Waals surface area (Å²) in [7, 11) is -1.24. The number of aryl methyl sites for hydroxylation is 1. The second kappa shape index (κ2) is 13.4. The normalized spacial score (nSPS) is 11.2. The first-order chi connectivity index (χ1) is 18.5. The van der Waals surface area contributed by atoms with Gasteiger partial charge in [0.1, 0.15) is 5.82 Å². The monoisotopic (exact) mass is 723 g/mol. The first-order valence-electron chi connectivity index (χ1n) is 13.2. The number of nitrogens with zero attached hydrogens (tertiary/aromatic N) is 2. The van der Waals surface area contributed by atoms with E-state index in [2.05, 4.69) is 105 Å². The SMILES string of the molecule is CC(C)(c1ccccc1)c1cc[c-]c(-c2cc(F)ccn2)c1.Cc1c[c-]c(-c2ccc([Si](C)(C)C)cn2)cc1.[Ir]. The average molecular weight is 723 g/mol. The second-order valence-electron chi connectivity index (χ2n) is 11.3. The van der Waals surface area contributed by atoms with Crippen molar-refractivity contribution in [3.8, 4) is 22.5 Å². The van der Waals surface area contributed by atoms with E-state index in [0.29, 0.717) is 5.69 Å². The molecule has 0 unspecified atom stereocenters. The molecule has 1 radical (unpaired) electrons. The Hall–Kier alpha value is -3.24. The van der Waals surface area contributed by atoms with Gasteiger partial charge in [-0.25, -0.2) is 4.39 Å². The van der Waals surface area contributed by atoms with Gasteiger partial charge in [0.05, 0.1) is 8.07 Å². The van der Waals surface area contributed by atoms with Crippen molar-refractivity contribution in [3.63, 3.8) is 0 Å². The van der Waals surface area contributed by atoms with E-state index in [-0.39, 0.29) is 31.3 Å². The van der Waals surface area contributed by atoms with Gasteiger partial charge in [-0.3, -0.25) is 0 Å². The fourth-order valence-corrected chi connectivity index (χ4v) is 5.27. The van der Waals surface area contributed by atoms with Crippen molar-refractivity contribution in [2.75, 3.05) is 0 Å². The first-order valence-corrected chi connectivity index (χ1v) is 16.7. The molecule has 0 aliphatic carbocycles. The van der Waals surface area contributed by atoms with Gasteiger partial charge in [0.2, 0.25) is 0 Å². The van der Waals surface area contributed by atoms with Gasteiger partial charge in [0.15, 0.2) is 0 Å². The Kier molecular flexibility index (Phi) is 10.5. The predicted octanol–water partition coefficient (Wildman–Crippen LogP) is 8.41. The molecule has 2 aromatic heterocycles. The molecule has 0 N–H and O–H groups in total. The van der Waals surface area contributed by atoms with Crippen LogP contribution in [0.2, 0.25) is 19.6 Å². The van der Waals surface area contributed by atoms with Gasteiger partial charge in [-0.15, -0.1) is 70.8 Å². The van der Waals surface area contributed by atoms with Crippen LogP contribution >= 0.6 is 0 Å². The maximum absolute atomic E-state index is 13.4. The van der Waals surface area contributed by atoms with Gasteiger partial charge in [-0.1, -0.05) is 82.9 Å². The molecule has 5 aromatic rings. The largest absolute Gasteiger partial charge is 0.305 e. The fraction of sp³-hybridized carbons (Fsp3) is 0.200. The summed E-state index contributed by atoms with van der Waals surface area (Å²) in [5, 5.41) is 1.40. The molecular formula is C35H35FIrN2Si-2. The summed E-state index contributed by atoms with van der Waals surface area (Å²) in [6.45, 7) is 13.4. The van der Waals surface area contributed by atoms with E-state index >= 15 is 0 Å². The summed E-state index contributed by atoms with van der Waals surface area (Å²) in [5.74, 6) is -0.286. The molecule has 0 aliphatic heterocycles. The molecular weight excluding hydrogens is 688 g/mol. The molecule has 2 nitrogen and oxygen atoms in total. The Morgan fingerprint density at radius 3 is 2.10 bits per heavy atom. The van der Waals surface area contributed by atoms with Crippen LogP contribution in [0.25, 0.3) is 22.5 Å². The van der Waals surface area contributed by atoms with Crippen molar-refractivity contribution >= 4 is 13.3 Å². The van der Waals surface area contributed by atoms with Gasteiger partial charge in [0, 0.05) is 32.5 Å². The van der Waals surface area contributed by atoms with Crippen molar-refractivity contribution in [2.45, 2.75) is 45.8 Å². The Morgan fingerprint density at radius 2 is 1.50 bits per heavy atom. The van der Waals surface area contributed by atoms with Crippen LogP contribution in [-0.2, 0) is 25.5 Å². The van der Waals surface area contributed by atoms with E-state index in [1.165, 1.54) is 34.6 Å². The minimum Gasteiger partial charge on any atom is -0.305 e. The van der Waals surface area contributed by atoms with Crippen LogP contribution in [-0.4, -0.2) is 18.0 Å². The number of hydrogen-bond acceptors (Lipinski definition) is 2. The van der Waals surface area contributed by atoms with Crippen LogP contribution in [0.1, 0.15) is 30.5 Å². The average Bonchev–Trinajstić information content (AvgIpc) is 2.94. The third-order valence-corrected chi connectivity index (χ3v) is 8.92. The number of rotatable bonds is 5. The zero-order valence-corrected chi connectivity index (χ0v) is 27.3. The summed E-state index contributed by atoms with van der Waals surface area (Å²) < 4.78 is 13.4. The van der Waals surface area contributed by atoms with E-state index in [1.807, 2.05) is 42.6 Å². The molecule has 3 aromatic carbocycles. The molecule has 207 valence electrons. The van der Waals surface area contributed by atoms with E-state index in [1.54, 1.807) is 0 Å². The van der Waals surface area contributed by atoms with Gasteiger partial charge >= 0.3 is 0 Å². The van der Waals surface area contributed by atoms with E-state index in [0.717, 1.165) is 22.4 Å². The molecule has 0 aliphatic rings. The number of benzene rings is 3. The molecule has 0 bridgehead atoms. The second-order valence-corrected chi connectivity index (χ2v) is 16.4. The third kappa shape index (κ3) is 7.91. The smallest absolute Gasteiger partial charge is 0.117 e. The molecule has 2 heterocycles. The molecule has 0 saturated carbocycles. The van der Waals surface area contributed by atoms with Crippen molar-refractivity contribution in [1.82, 2.24) is 9.97 Å². The Balaban J connectivity index is 0.000000222. The summed E-state index contributed by atoms with van der Waals surface area (Å²) >= 11 is 0. The molecule has 5 heteroatoms. The molecule has 40 heavy (non-hydrogen) atoms. The zero-order valence-electron chi connectivity index (χ0n) is 23.9. The van der Waals surface area contributed by atoms with Crippen molar-refractivity contribution in [1.29, 1.82) is 0 Å². The third-order valence-electron chi connectivity index (χ3n) is 6.89. The Bertz CT molecular complexity index is 1510. The minimum absolute atomic E-state index is 0. The topological polar surface area (TPSA) is 25.8 Å². The first kappa shape index (κ1) is 31.3. The van der Waals surface area contributed by atoms with Crippen LogP contribution in [0.4, 0.5) is 4.39 Å². The van der Waals surface area contributed by atoms with Crippen LogP contribution < -0.4 is 5.19 Å². The number of hydrogen-bond donors (Lipinski definition) is 0. The Labute approximate surface area is 253 Å². The number of aromatic nitrogens is 2. The van der Waals surface area contributed by atoms with Gasteiger partial charge in [0.25, 0.3) is 0 Å². The molecule has 0 amide bonds. The summed E-state index contributed by atoms with van der Waals surface area (Å²) in [5.41, 5.74) is 6.96. The zero-order chi connectivity index (χ0) is 28.0. The molecule has 0 atom stereocenters. The van der Waals surface area contributed by atoms with Crippen molar-refractivity contribution in [2.24, 2.45) is 0 Å². The van der Waals surface area contributed by atoms with Crippen molar-refractivity contribution in [3.05, 3.63) is 138 Å². The van der Waals surface area contributed by atoms with Gasteiger partial charge < -0.3 is 9.97 Å². The molecule has 0 saturated heterocycles. The van der Waals surface area contributed by atoms with E-state index < -0.39 is 8.07 Å². The fourth-order valence-electron chi connectivity index (χ4n) is 4.24. The minimum atomic E-state index is -1.24. The van der Waals surface area contributed by atoms with Crippen LogP contribution in [0.15, 0.2) is 103 Å². The van der Waals surface area contributed by atoms with Gasteiger partial charge in [-0.2, -0.15) is 0 Å².